The zero-order chi connectivity index (χ0) is 16.9. The Labute approximate surface area is 156 Å². The van der Waals surface area contributed by atoms with Gasteiger partial charge in [0.05, 0.1) is 6.10 Å². The lowest BCUT2D eigenvalue weighted by Gasteiger charge is -2.25. The van der Waals surface area contributed by atoms with Crippen molar-refractivity contribution in [2.24, 2.45) is 0 Å². The van der Waals surface area contributed by atoms with E-state index in [4.69, 9.17) is 0 Å². The number of fused-ring (bicyclic) bond motifs is 3. The highest BCUT2D eigenvalue weighted by atomic mass is 35.5. The normalized spacial score (nSPS) is 12.5. The summed E-state index contributed by atoms with van der Waals surface area (Å²) >= 11 is 0. The Morgan fingerprint density at radius 2 is 1.40 bits per heavy atom. The molecule has 25 heavy (non-hydrogen) atoms. The molecule has 0 saturated heterocycles. The lowest BCUT2D eigenvalue weighted by Crippen LogP contribution is -2.30. The first-order valence-electron chi connectivity index (χ1n) is 9.05. The lowest BCUT2D eigenvalue weighted by atomic mass is 9.94. The Morgan fingerprint density at radius 1 is 0.840 bits per heavy atom. The zero-order valence-corrected chi connectivity index (χ0v) is 15.9. The summed E-state index contributed by atoms with van der Waals surface area (Å²) in [5, 5.41) is 15.8. The quantitative estimate of drug-likeness (QED) is 0.559. The standard InChI is InChI=1S/C22H27NO.ClH/c1-3-13-23(14-4-2)16-22(24)21-15-17-9-5-6-10-18(17)19-11-7-8-12-20(19)21;/h5-12,15,22,24H,3-4,13-14,16H2,1-2H3;1H. The first kappa shape index (κ1) is 19.7. The van der Waals surface area contributed by atoms with Gasteiger partial charge in [0, 0.05) is 6.54 Å². The first-order chi connectivity index (χ1) is 11.7. The average Bonchev–Trinajstić information content (AvgIpc) is 2.61. The highest BCUT2D eigenvalue weighted by Gasteiger charge is 2.16. The van der Waals surface area contributed by atoms with Crippen molar-refractivity contribution in [3.63, 3.8) is 0 Å². The van der Waals surface area contributed by atoms with Crippen LogP contribution in [0.5, 0.6) is 0 Å². The monoisotopic (exact) mass is 357 g/mol. The van der Waals surface area contributed by atoms with Crippen LogP contribution >= 0.6 is 12.4 Å². The fourth-order valence-electron chi connectivity index (χ4n) is 3.63. The van der Waals surface area contributed by atoms with Crippen LogP contribution in [0, 0.1) is 0 Å². The summed E-state index contributed by atoms with van der Waals surface area (Å²) in [5.41, 5.74) is 1.04. The molecule has 0 spiro atoms. The largest absolute Gasteiger partial charge is 0.387 e. The van der Waals surface area contributed by atoms with E-state index in [-0.39, 0.29) is 12.4 Å². The number of rotatable bonds is 7. The van der Waals surface area contributed by atoms with Crippen molar-refractivity contribution in [2.45, 2.75) is 32.8 Å². The summed E-state index contributed by atoms with van der Waals surface area (Å²) < 4.78 is 0. The van der Waals surface area contributed by atoms with Crippen LogP contribution in [0.15, 0.2) is 54.6 Å². The number of benzene rings is 3. The smallest absolute Gasteiger partial charge is 0.0923 e. The van der Waals surface area contributed by atoms with Gasteiger partial charge < -0.3 is 10.0 Å². The number of hydrogen-bond donors (Lipinski definition) is 1. The predicted molar refractivity (Wildman–Crippen MR) is 111 cm³/mol. The van der Waals surface area contributed by atoms with Gasteiger partial charge in [-0.25, -0.2) is 0 Å². The molecule has 3 aromatic rings. The highest BCUT2D eigenvalue weighted by Crippen LogP contribution is 2.32. The molecule has 1 atom stereocenters. The van der Waals surface area contributed by atoms with Crippen LogP contribution in [0.4, 0.5) is 0 Å². The molecule has 0 aliphatic carbocycles. The molecule has 0 saturated carbocycles. The van der Waals surface area contributed by atoms with Crippen molar-refractivity contribution < 1.29 is 5.11 Å². The summed E-state index contributed by atoms with van der Waals surface area (Å²) in [4.78, 5) is 2.37. The number of aliphatic hydroxyl groups excluding tert-OH is 1. The van der Waals surface area contributed by atoms with Crippen LogP contribution in [0.25, 0.3) is 21.5 Å². The van der Waals surface area contributed by atoms with Crippen LogP contribution in [0.3, 0.4) is 0 Å². The van der Waals surface area contributed by atoms with E-state index >= 15 is 0 Å². The minimum Gasteiger partial charge on any atom is -0.387 e. The van der Waals surface area contributed by atoms with E-state index < -0.39 is 6.10 Å². The van der Waals surface area contributed by atoms with Crippen LogP contribution < -0.4 is 0 Å². The molecular weight excluding hydrogens is 330 g/mol. The molecule has 0 fully saturated rings. The van der Waals surface area contributed by atoms with Crippen molar-refractivity contribution in [3.05, 3.63) is 60.2 Å². The maximum absolute atomic E-state index is 11.0. The molecule has 1 N–H and O–H groups in total. The van der Waals surface area contributed by atoms with Crippen molar-refractivity contribution in [2.75, 3.05) is 19.6 Å². The minimum absolute atomic E-state index is 0. The van der Waals surface area contributed by atoms with Gasteiger partial charge in [0.15, 0.2) is 0 Å². The van der Waals surface area contributed by atoms with Gasteiger partial charge in [-0.15, -0.1) is 12.4 Å². The van der Waals surface area contributed by atoms with Crippen molar-refractivity contribution in [3.8, 4) is 0 Å². The van der Waals surface area contributed by atoms with Gasteiger partial charge in [0.25, 0.3) is 0 Å². The van der Waals surface area contributed by atoms with E-state index in [0.717, 1.165) is 36.9 Å². The van der Waals surface area contributed by atoms with Crippen molar-refractivity contribution in [1.82, 2.24) is 4.90 Å². The van der Waals surface area contributed by atoms with Crippen molar-refractivity contribution in [1.29, 1.82) is 0 Å². The second-order valence-electron chi connectivity index (χ2n) is 6.55. The second kappa shape index (κ2) is 9.19. The molecule has 3 heteroatoms. The van der Waals surface area contributed by atoms with E-state index in [1.54, 1.807) is 0 Å². The third-order valence-corrected chi connectivity index (χ3v) is 4.67. The van der Waals surface area contributed by atoms with Gasteiger partial charge in [0.1, 0.15) is 0 Å². The summed E-state index contributed by atoms with van der Waals surface area (Å²) in [6.07, 6.45) is 1.77. The number of nitrogens with zero attached hydrogens (tertiary/aromatic N) is 1. The van der Waals surface area contributed by atoms with E-state index in [1.165, 1.54) is 16.2 Å². The molecule has 2 nitrogen and oxygen atoms in total. The Morgan fingerprint density at radius 3 is 2.04 bits per heavy atom. The third kappa shape index (κ3) is 4.33. The maximum Gasteiger partial charge on any atom is 0.0923 e. The van der Waals surface area contributed by atoms with Gasteiger partial charge in [-0.05, 0) is 59.1 Å². The van der Waals surface area contributed by atoms with Crippen molar-refractivity contribution >= 4 is 34.0 Å². The molecular formula is C22H28ClNO. The third-order valence-electron chi connectivity index (χ3n) is 4.67. The Bertz CT molecular complexity index is 811. The molecule has 0 heterocycles. The summed E-state index contributed by atoms with van der Waals surface area (Å²) in [6, 6.07) is 19.0. The Balaban J connectivity index is 0.00000225. The van der Waals surface area contributed by atoms with Gasteiger partial charge in [0.2, 0.25) is 0 Å². The SMILES string of the molecule is CCCN(CCC)CC(O)c1cc2ccccc2c2ccccc12.Cl. The average molecular weight is 358 g/mol. The molecule has 1 unspecified atom stereocenters. The summed E-state index contributed by atoms with van der Waals surface area (Å²) in [7, 11) is 0. The molecule has 134 valence electrons. The van der Waals surface area contributed by atoms with Gasteiger partial charge in [-0.1, -0.05) is 62.4 Å². The molecule has 0 amide bonds. The predicted octanol–water partition coefficient (Wildman–Crippen LogP) is 5.57. The van der Waals surface area contributed by atoms with E-state index in [9.17, 15) is 5.11 Å². The zero-order valence-electron chi connectivity index (χ0n) is 15.1. The fraction of sp³-hybridized carbons (Fsp3) is 0.364. The van der Waals surface area contributed by atoms with Crippen LogP contribution in [0.1, 0.15) is 38.4 Å². The number of aliphatic hydroxyl groups is 1. The lowest BCUT2D eigenvalue weighted by molar-refractivity contribution is 0.114. The summed E-state index contributed by atoms with van der Waals surface area (Å²) in [5.74, 6) is 0. The van der Waals surface area contributed by atoms with E-state index in [0.29, 0.717) is 6.54 Å². The van der Waals surface area contributed by atoms with Gasteiger partial charge in [-0.3, -0.25) is 0 Å². The van der Waals surface area contributed by atoms with E-state index in [1.807, 2.05) is 0 Å². The van der Waals surface area contributed by atoms with Gasteiger partial charge in [-0.2, -0.15) is 0 Å². The van der Waals surface area contributed by atoms with Crippen LogP contribution in [-0.2, 0) is 0 Å². The fourth-order valence-corrected chi connectivity index (χ4v) is 3.63. The summed E-state index contributed by atoms with van der Waals surface area (Å²) in [6.45, 7) is 7.16. The second-order valence-corrected chi connectivity index (χ2v) is 6.55. The number of halogens is 1. The molecule has 0 aliphatic heterocycles. The number of hydrogen-bond acceptors (Lipinski definition) is 2. The maximum atomic E-state index is 11.0. The Kier molecular flexibility index (Phi) is 7.24. The molecule has 0 bridgehead atoms. The topological polar surface area (TPSA) is 23.5 Å². The molecule has 3 rings (SSSR count). The molecule has 0 aromatic heterocycles. The van der Waals surface area contributed by atoms with Crippen LogP contribution in [-0.4, -0.2) is 29.6 Å². The van der Waals surface area contributed by atoms with E-state index in [2.05, 4.69) is 73.3 Å². The first-order valence-corrected chi connectivity index (χ1v) is 9.05. The molecule has 3 aromatic carbocycles. The Hall–Kier alpha value is -1.61. The molecule has 0 radical (unpaired) electrons. The highest BCUT2D eigenvalue weighted by molar-refractivity contribution is 6.09. The van der Waals surface area contributed by atoms with Gasteiger partial charge >= 0.3 is 0 Å². The molecule has 0 aliphatic rings. The van der Waals surface area contributed by atoms with Crippen LogP contribution in [0.2, 0.25) is 0 Å². The minimum atomic E-state index is -0.461.